The molecule has 1 aliphatic carbocycles. The second kappa shape index (κ2) is 4.23. The maximum absolute atomic E-state index is 9.55. The van der Waals surface area contributed by atoms with Gasteiger partial charge in [0, 0.05) is 0 Å². The Morgan fingerprint density at radius 2 is 2.13 bits per heavy atom. The summed E-state index contributed by atoms with van der Waals surface area (Å²) in [6.45, 7) is 2.09. The summed E-state index contributed by atoms with van der Waals surface area (Å²) in [7, 11) is 1.71. The van der Waals surface area contributed by atoms with Crippen molar-refractivity contribution in [3.05, 3.63) is 29.3 Å². The molecular weight excluding hydrogens is 188 g/mol. The summed E-state index contributed by atoms with van der Waals surface area (Å²) in [5.74, 6) is 1.43. The number of ether oxygens (including phenoxy) is 1. The Kier molecular flexibility index (Phi) is 2.96. The molecule has 15 heavy (non-hydrogen) atoms. The van der Waals surface area contributed by atoms with Gasteiger partial charge in [-0.1, -0.05) is 17.7 Å². The molecule has 0 radical (unpaired) electrons. The standard InChI is InChI=1S/C13H18O2/c1-9-3-6-13(15-2)12(7-9)10-4-5-11(14)8-10/h3,6-7,10-11,14H,4-5,8H2,1-2H3. The van der Waals surface area contributed by atoms with E-state index in [-0.39, 0.29) is 6.10 Å². The van der Waals surface area contributed by atoms with Crippen molar-refractivity contribution in [1.29, 1.82) is 0 Å². The number of aryl methyl sites for hydroxylation is 1. The first-order valence-corrected chi connectivity index (χ1v) is 5.53. The first kappa shape index (κ1) is 10.5. The van der Waals surface area contributed by atoms with E-state index in [0.29, 0.717) is 5.92 Å². The molecule has 2 nitrogen and oxygen atoms in total. The third-order valence-corrected chi connectivity index (χ3v) is 3.23. The quantitative estimate of drug-likeness (QED) is 0.806. The van der Waals surface area contributed by atoms with Crippen LogP contribution in [0.3, 0.4) is 0 Å². The highest BCUT2D eigenvalue weighted by molar-refractivity contribution is 5.39. The number of hydrogen-bond acceptors (Lipinski definition) is 2. The molecule has 0 aliphatic heterocycles. The zero-order valence-corrected chi connectivity index (χ0v) is 9.36. The van der Waals surface area contributed by atoms with Crippen LogP contribution in [0.25, 0.3) is 0 Å². The molecule has 0 heterocycles. The number of aliphatic hydroxyl groups is 1. The zero-order valence-electron chi connectivity index (χ0n) is 9.36. The van der Waals surface area contributed by atoms with Gasteiger partial charge in [0.25, 0.3) is 0 Å². The first-order chi connectivity index (χ1) is 7.20. The van der Waals surface area contributed by atoms with Crippen LogP contribution in [-0.2, 0) is 0 Å². The lowest BCUT2D eigenvalue weighted by molar-refractivity contribution is 0.181. The van der Waals surface area contributed by atoms with E-state index in [0.717, 1.165) is 25.0 Å². The predicted molar refractivity (Wildman–Crippen MR) is 60.3 cm³/mol. The van der Waals surface area contributed by atoms with E-state index in [4.69, 9.17) is 4.74 Å². The van der Waals surface area contributed by atoms with E-state index in [1.165, 1.54) is 11.1 Å². The van der Waals surface area contributed by atoms with E-state index >= 15 is 0 Å². The van der Waals surface area contributed by atoms with E-state index in [9.17, 15) is 5.11 Å². The monoisotopic (exact) mass is 206 g/mol. The van der Waals surface area contributed by atoms with Gasteiger partial charge < -0.3 is 9.84 Å². The first-order valence-electron chi connectivity index (χ1n) is 5.53. The summed E-state index contributed by atoms with van der Waals surface area (Å²) < 4.78 is 5.37. The van der Waals surface area contributed by atoms with Gasteiger partial charge in [0.05, 0.1) is 13.2 Å². The highest BCUT2D eigenvalue weighted by Crippen LogP contribution is 2.39. The third kappa shape index (κ3) is 2.15. The minimum absolute atomic E-state index is 0.125. The van der Waals surface area contributed by atoms with Gasteiger partial charge in [-0.3, -0.25) is 0 Å². The molecule has 1 saturated carbocycles. The molecule has 2 heteroatoms. The molecule has 0 amide bonds. The van der Waals surface area contributed by atoms with Crippen LogP contribution >= 0.6 is 0 Å². The molecule has 0 bridgehead atoms. The van der Waals surface area contributed by atoms with Gasteiger partial charge >= 0.3 is 0 Å². The van der Waals surface area contributed by atoms with Crippen molar-refractivity contribution in [3.63, 3.8) is 0 Å². The number of rotatable bonds is 2. The lowest BCUT2D eigenvalue weighted by Gasteiger charge is -2.15. The Hall–Kier alpha value is -1.02. The average molecular weight is 206 g/mol. The Balaban J connectivity index is 2.29. The molecule has 1 aromatic carbocycles. The van der Waals surface area contributed by atoms with Gasteiger partial charge in [0.2, 0.25) is 0 Å². The Morgan fingerprint density at radius 3 is 2.73 bits per heavy atom. The Labute approximate surface area is 90.9 Å². The smallest absolute Gasteiger partial charge is 0.122 e. The van der Waals surface area contributed by atoms with E-state index in [2.05, 4.69) is 19.1 Å². The molecule has 0 aromatic heterocycles. The van der Waals surface area contributed by atoms with Crippen LogP contribution in [0.15, 0.2) is 18.2 Å². The van der Waals surface area contributed by atoms with Crippen molar-refractivity contribution in [2.24, 2.45) is 0 Å². The van der Waals surface area contributed by atoms with Crippen molar-refractivity contribution in [2.75, 3.05) is 7.11 Å². The van der Waals surface area contributed by atoms with Gasteiger partial charge in [0.1, 0.15) is 5.75 Å². The van der Waals surface area contributed by atoms with Gasteiger partial charge in [-0.05, 0) is 43.7 Å². The Bertz CT molecular complexity index is 346. The van der Waals surface area contributed by atoms with Crippen LogP contribution in [0.5, 0.6) is 5.75 Å². The minimum atomic E-state index is -0.125. The van der Waals surface area contributed by atoms with Crippen LogP contribution in [0.4, 0.5) is 0 Å². The molecule has 2 atom stereocenters. The minimum Gasteiger partial charge on any atom is -0.496 e. The van der Waals surface area contributed by atoms with Gasteiger partial charge in [-0.15, -0.1) is 0 Å². The average Bonchev–Trinajstić information content (AvgIpc) is 2.65. The summed E-state index contributed by atoms with van der Waals surface area (Å²) in [6.07, 6.45) is 2.74. The van der Waals surface area contributed by atoms with Gasteiger partial charge in [-0.25, -0.2) is 0 Å². The van der Waals surface area contributed by atoms with Crippen molar-refractivity contribution in [1.82, 2.24) is 0 Å². The molecule has 2 unspecified atom stereocenters. The lowest BCUT2D eigenvalue weighted by atomic mass is 9.95. The maximum atomic E-state index is 9.55. The largest absolute Gasteiger partial charge is 0.496 e. The number of aliphatic hydroxyl groups excluding tert-OH is 1. The fourth-order valence-electron chi connectivity index (χ4n) is 2.41. The van der Waals surface area contributed by atoms with Crippen LogP contribution in [0.1, 0.15) is 36.3 Å². The highest BCUT2D eigenvalue weighted by atomic mass is 16.5. The van der Waals surface area contributed by atoms with Crippen LogP contribution in [-0.4, -0.2) is 18.3 Å². The van der Waals surface area contributed by atoms with Crippen LogP contribution < -0.4 is 4.74 Å². The summed E-state index contributed by atoms with van der Waals surface area (Å²) >= 11 is 0. The number of methoxy groups -OCH3 is 1. The second-order valence-corrected chi connectivity index (χ2v) is 4.41. The lowest BCUT2D eigenvalue weighted by Crippen LogP contribution is -2.01. The van der Waals surface area contributed by atoms with Crippen LogP contribution in [0.2, 0.25) is 0 Å². The third-order valence-electron chi connectivity index (χ3n) is 3.23. The van der Waals surface area contributed by atoms with Gasteiger partial charge in [0.15, 0.2) is 0 Å². The molecule has 2 rings (SSSR count). The molecule has 1 N–H and O–H groups in total. The van der Waals surface area contributed by atoms with E-state index < -0.39 is 0 Å². The second-order valence-electron chi connectivity index (χ2n) is 4.41. The predicted octanol–water partition coefficient (Wildman–Crippen LogP) is 2.63. The van der Waals surface area contributed by atoms with Crippen molar-refractivity contribution in [2.45, 2.75) is 38.2 Å². The topological polar surface area (TPSA) is 29.5 Å². The fourth-order valence-corrected chi connectivity index (χ4v) is 2.41. The van der Waals surface area contributed by atoms with Gasteiger partial charge in [-0.2, -0.15) is 0 Å². The Morgan fingerprint density at radius 1 is 1.33 bits per heavy atom. The van der Waals surface area contributed by atoms with Crippen molar-refractivity contribution >= 4 is 0 Å². The van der Waals surface area contributed by atoms with Crippen molar-refractivity contribution < 1.29 is 9.84 Å². The molecular formula is C13H18O2. The van der Waals surface area contributed by atoms with Crippen LogP contribution in [0, 0.1) is 6.92 Å². The summed E-state index contributed by atoms with van der Waals surface area (Å²) in [5.41, 5.74) is 2.52. The van der Waals surface area contributed by atoms with E-state index in [1.807, 2.05) is 6.07 Å². The zero-order chi connectivity index (χ0) is 10.8. The fraction of sp³-hybridized carbons (Fsp3) is 0.538. The molecule has 82 valence electrons. The molecule has 1 aliphatic rings. The molecule has 0 spiro atoms. The summed E-state index contributed by atoms with van der Waals surface area (Å²) in [6, 6.07) is 6.27. The van der Waals surface area contributed by atoms with E-state index in [1.54, 1.807) is 7.11 Å². The number of benzene rings is 1. The highest BCUT2D eigenvalue weighted by Gasteiger charge is 2.26. The summed E-state index contributed by atoms with van der Waals surface area (Å²) in [5, 5.41) is 9.55. The number of hydrogen-bond donors (Lipinski definition) is 1. The SMILES string of the molecule is COc1ccc(C)cc1C1CCC(O)C1. The molecule has 1 fully saturated rings. The maximum Gasteiger partial charge on any atom is 0.122 e. The molecule has 0 saturated heterocycles. The van der Waals surface area contributed by atoms with Crippen molar-refractivity contribution in [3.8, 4) is 5.75 Å². The molecule has 1 aromatic rings. The normalized spacial score (nSPS) is 25.5. The summed E-state index contributed by atoms with van der Waals surface area (Å²) in [4.78, 5) is 0.